The smallest absolute Gasteiger partial charge is 0.244 e. The van der Waals surface area contributed by atoms with E-state index in [0.29, 0.717) is 0 Å². The Morgan fingerprint density at radius 1 is 1.41 bits per heavy atom. The van der Waals surface area contributed by atoms with Gasteiger partial charge in [0, 0.05) is 43.3 Å². The second-order valence-electron chi connectivity index (χ2n) is 8.94. The van der Waals surface area contributed by atoms with Gasteiger partial charge in [-0.15, -0.1) is 6.58 Å². The third-order valence-corrected chi connectivity index (χ3v) is 7.19. The van der Waals surface area contributed by atoms with Gasteiger partial charge in [-0.05, 0) is 62.1 Å². The summed E-state index contributed by atoms with van der Waals surface area (Å²) >= 11 is 0. The number of piperidine rings is 1. The molecule has 1 aliphatic heterocycles. The van der Waals surface area contributed by atoms with Crippen LogP contribution >= 0.6 is 0 Å². The van der Waals surface area contributed by atoms with Crippen molar-refractivity contribution in [3.63, 3.8) is 0 Å². The third kappa shape index (κ3) is 4.25. The summed E-state index contributed by atoms with van der Waals surface area (Å²) in [6.45, 7) is 6.43. The minimum atomic E-state index is -0.393. The summed E-state index contributed by atoms with van der Waals surface area (Å²) in [5.74, 6) is 0.140. The monoisotopic (exact) mass is 436 g/mol. The fourth-order valence-electron chi connectivity index (χ4n) is 5.65. The first-order valence-electron chi connectivity index (χ1n) is 11.2. The van der Waals surface area contributed by atoms with Gasteiger partial charge in [0.15, 0.2) is 0 Å². The Morgan fingerprint density at radius 2 is 2.28 bits per heavy atom. The van der Waals surface area contributed by atoms with Gasteiger partial charge in [0.1, 0.15) is 5.75 Å². The number of hydrogen-bond donors (Lipinski definition) is 2. The van der Waals surface area contributed by atoms with E-state index in [4.69, 9.17) is 9.15 Å². The molecule has 0 unspecified atom stereocenters. The fourth-order valence-corrected chi connectivity index (χ4v) is 5.65. The topological polar surface area (TPSA) is 74.9 Å². The second-order valence-corrected chi connectivity index (χ2v) is 8.94. The lowest BCUT2D eigenvalue weighted by molar-refractivity contribution is -0.148. The number of hydrogen-bond acceptors (Lipinski definition) is 5. The fraction of sp³-hybridized carbons (Fsp3) is 0.423. The molecule has 1 aromatic carbocycles. The molecule has 6 nitrogen and oxygen atoms in total. The predicted octanol–water partition coefficient (Wildman–Crippen LogP) is 3.88. The zero-order chi connectivity index (χ0) is 22.6. The molecule has 1 saturated heterocycles. The molecule has 2 heterocycles. The number of amides is 1. The van der Waals surface area contributed by atoms with Gasteiger partial charge >= 0.3 is 0 Å². The molecule has 6 heteroatoms. The molecule has 4 rings (SSSR count). The normalized spacial score (nSPS) is 28.3. The number of phenolic OH excluding ortho intramolecular Hbond substituents is 1. The van der Waals surface area contributed by atoms with Crippen LogP contribution in [0.25, 0.3) is 6.08 Å². The first-order valence-corrected chi connectivity index (χ1v) is 11.2. The predicted molar refractivity (Wildman–Crippen MR) is 124 cm³/mol. The second kappa shape index (κ2) is 9.35. The van der Waals surface area contributed by atoms with Crippen molar-refractivity contribution in [3.8, 4) is 5.75 Å². The minimum Gasteiger partial charge on any atom is -0.508 e. The van der Waals surface area contributed by atoms with Crippen molar-refractivity contribution in [2.24, 2.45) is 0 Å². The molecule has 2 fully saturated rings. The van der Waals surface area contributed by atoms with Crippen LogP contribution in [-0.4, -0.2) is 54.3 Å². The molecule has 2 aliphatic rings. The van der Waals surface area contributed by atoms with Crippen molar-refractivity contribution in [1.29, 1.82) is 0 Å². The van der Waals surface area contributed by atoms with Crippen LogP contribution in [0.15, 0.2) is 66.0 Å². The number of nitrogens with zero attached hydrogens (tertiary/aromatic N) is 1. The number of furan rings is 1. The van der Waals surface area contributed by atoms with E-state index < -0.39 is 5.60 Å². The summed E-state index contributed by atoms with van der Waals surface area (Å²) in [4.78, 5) is 15.0. The number of carbonyl (C=O) groups is 1. The molecule has 1 amide bonds. The van der Waals surface area contributed by atoms with Crippen LogP contribution in [0.2, 0.25) is 0 Å². The van der Waals surface area contributed by atoms with Crippen LogP contribution in [0, 0.1) is 0 Å². The van der Waals surface area contributed by atoms with Gasteiger partial charge in [-0.1, -0.05) is 18.2 Å². The highest BCUT2D eigenvalue weighted by Crippen LogP contribution is 2.53. The van der Waals surface area contributed by atoms with Gasteiger partial charge in [-0.2, -0.15) is 0 Å². The first kappa shape index (κ1) is 22.4. The lowest BCUT2D eigenvalue weighted by Gasteiger charge is -2.59. The van der Waals surface area contributed by atoms with E-state index >= 15 is 0 Å². The van der Waals surface area contributed by atoms with Crippen LogP contribution in [0.4, 0.5) is 0 Å². The maximum Gasteiger partial charge on any atom is 0.244 e. The Hall–Kier alpha value is -2.83. The zero-order valence-corrected chi connectivity index (χ0v) is 18.6. The van der Waals surface area contributed by atoms with E-state index in [1.54, 1.807) is 37.9 Å². The SMILES string of the molecule is C=CCN1CC[C@@]2(c3cccc(O)c3)C[C@@H](NC(=O)/C=C/c3ccoc3)CC[C@]2(OC)C1. The number of methoxy groups -OCH3 is 1. The number of carbonyl (C=O) groups excluding carboxylic acids is 1. The summed E-state index contributed by atoms with van der Waals surface area (Å²) in [7, 11) is 1.79. The number of ether oxygens (including phenoxy) is 1. The number of aromatic hydroxyl groups is 1. The Balaban J connectivity index is 1.60. The van der Waals surface area contributed by atoms with Gasteiger partial charge < -0.3 is 19.6 Å². The number of fused-ring (bicyclic) bond motifs is 1. The molecule has 1 saturated carbocycles. The van der Waals surface area contributed by atoms with Crippen LogP contribution in [0.1, 0.15) is 36.8 Å². The van der Waals surface area contributed by atoms with Gasteiger partial charge in [0.2, 0.25) is 5.91 Å². The molecule has 32 heavy (non-hydrogen) atoms. The zero-order valence-electron chi connectivity index (χ0n) is 18.6. The molecular formula is C26H32N2O4. The summed E-state index contributed by atoms with van der Waals surface area (Å²) < 4.78 is 11.4. The largest absolute Gasteiger partial charge is 0.508 e. The number of phenols is 1. The molecule has 0 spiro atoms. The van der Waals surface area contributed by atoms with Crippen LogP contribution in [0.3, 0.4) is 0 Å². The van der Waals surface area contributed by atoms with E-state index in [1.165, 1.54) is 0 Å². The van der Waals surface area contributed by atoms with Crippen molar-refractivity contribution >= 4 is 12.0 Å². The number of rotatable bonds is 7. The number of likely N-dealkylation sites (tertiary alicyclic amines) is 1. The Bertz CT molecular complexity index is 970. The number of nitrogens with one attached hydrogen (secondary N) is 1. The maximum absolute atomic E-state index is 12.6. The Kier molecular flexibility index (Phi) is 6.53. The van der Waals surface area contributed by atoms with Crippen molar-refractivity contribution in [3.05, 3.63) is 72.7 Å². The van der Waals surface area contributed by atoms with Crippen molar-refractivity contribution in [2.75, 3.05) is 26.7 Å². The van der Waals surface area contributed by atoms with Gasteiger partial charge in [-0.3, -0.25) is 9.69 Å². The highest BCUT2D eigenvalue weighted by atomic mass is 16.5. The lowest BCUT2D eigenvalue weighted by Crippen LogP contribution is -2.67. The average molecular weight is 437 g/mol. The Morgan fingerprint density at radius 3 is 3.00 bits per heavy atom. The summed E-state index contributed by atoms with van der Waals surface area (Å²) in [6, 6.07) is 9.37. The molecule has 2 aromatic rings. The van der Waals surface area contributed by atoms with Gasteiger partial charge in [0.05, 0.1) is 18.1 Å². The van der Waals surface area contributed by atoms with Crippen molar-refractivity contribution in [2.45, 2.75) is 42.7 Å². The van der Waals surface area contributed by atoms with E-state index in [1.807, 2.05) is 24.3 Å². The average Bonchev–Trinajstić information content (AvgIpc) is 3.32. The van der Waals surface area contributed by atoms with Gasteiger partial charge in [0.25, 0.3) is 0 Å². The summed E-state index contributed by atoms with van der Waals surface area (Å²) in [5.41, 5.74) is 1.23. The number of benzene rings is 1. The maximum atomic E-state index is 12.6. The van der Waals surface area contributed by atoms with E-state index in [9.17, 15) is 9.90 Å². The molecule has 0 bridgehead atoms. The highest BCUT2D eigenvalue weighted by Gasteiger charge is 2.58. The standard InChI is InChI=1S/C26H32N2O4/c1-3-13-28-14-12-25(21-5-4-6-23(29)16-21)17-22(9-11-26(25,19-28)31-2)27-24(30)8-7-20-10-15-32-18-20/h3-8,10,15-16,18,22,29H,1,9,11-14,17,19H2,2H3,(H,27,30)/b8-7+/t22-,25-,26-/m0/s1. The van der Waals surface area contributed by atoms with Crippen molar-refractivity contribution in [1.82, 2.24) is 10.2 Å². The van der Waals surface area contributed by atoms with E-state index in [-0.39, 0.29) is 23.1 Å². The molecule has 2 N–H and O–H groups in total. The molecule has 1 aromatic heterocycles. The molecule has 0 radical (unpaired) electrons. The first-order chi connectivity index (χ1) is 15.5. The summed E-state index contributed by atoms with van der Waals surface area (Å²) in [5, 5.41) is 13.4. The van der Waals surface area contributed by atoms with E-state index in [2.05, 4.69) is 22.9 Å². The lowest BCUT2D eigenvalue weighted by atomic mass is 9.55. The van der Waals surface area contributed by atoms with Crippen LogP contribution < -0.4 is 5.32 Å². The quantitative estimate of drug-likeness (QED) is 0.509. The van der Waals surface area contributed by atoms with E-state index in [0.717, 1.165) is 56.4 Å². The van der Waals surface area contributed by atoms with Crippen molar-refractivity contribution < 1.29 is 19.1 Å². The highest BCUT2D eigenvalue weighted by molar-refractivity contribution is 5.91. The third-order valence-electron chi connectivity index (χ3n) is 7.19. The Labute approximate surface area is 189 Å². The minimum absolute atomic E-state index is 0.0214. The summed E-state index contributed by atoms with van der Waals surface area (Å²) in [6.07, 6.45) is 11.7. The molecule has 1 aliphatic carbocycles. The van der Waals surface area contributed by atoms with Crippen LogP contribution in [-0.2, 0) is 14.9 Å². The van der Waals surface area contributed by atoms with Crippen LogP contribution in [0.5, 0.6) is 5.75 Å². The molecular weight excluding hydrogens is 404 g/mol. The molecule has 3 atom stereocenters. The molecule has 170 valence electrons. The van der Waals surface area contributed by atoms with Gasteiger partial charge in [-0.25, -0.2) is 0 Å².